The molecule has 0 amide bonds. The number of hydrogen-bond acceptors (Lipinski definition) is 6. The number of aliphatic hydroxyl groups is 1. The Hall–Kier alpha value is -3.10. The largest absolute Gasteiger partial charge is 0.389 e. The highest BCUT2D eigenvalue weighted by Gasteiger charge is 2.24. The maximum absolute atomic E-state index is 14.6. The first-order valence-corrected chi connectivity index (χ1v) is 9.52. The van der Waals surface area contributed by atoms with E-state index in [1.54, 1.807) is 6.20 Å². The van der Waals surface area contributed by atoms with E-state index in [-0.39, 0.29) is 24.3 Å². The number of nitrogens with one attached hydrogen (secondary N) is 1. The molecule has 1 aromatic carbocycles. The maximum Gasteiger partial charge on any atom is 0.223 e. The minimum absolute atomic E-state index is 0.212. The molecule has 1 fully saturated rings. The Labute approximate surface area is 166 Å². The van der Waals surface area contributed by atoms with Gasteiger partial charge in [0.25, 0.3) is 0 Å². The number of halogens is 1. The van der Waals surface area contributed by atoms with Crippen LogP contribution in [0.3, 0.4) is 0 Å². The van der Waals surface area contributed by atoms with Crippen LogP contribution in [-0.4, -0.2) is 50.0 Å². The third-order valence-corrected chi connectivity index (χ3v) is 5.33. The second kappa shape index (κ2) is 7.06. The zero-order valence-corrected chi connectivity index (χ0v) is 15.8. The lowest BCUT2D eigenvalue weighted by Gasteiger charge is -2.28. The molecule has 0 unspecified atom stereocenters. The van der Waals surface area contributed by atoms with Gasteiger partial charge < -0.3 is 15.2 Å². The van der Waals surface area contributed by atoms with Crippen LogP contribution in [0, 0.1) is 12.7 Å². The summed E-state index contributed by atoms with van der Waals surface area (Å²) < 4.78 is 21.7. The van der Waals surface area contributed by atoms with E-state index in [4.69, 9.17) is 4.74 Å². The van der Waals surface area contributed by atoms with Gasteiger partial charge in [-0.1, -0.05) is 6.07 Å². The molecule has 7 nitrogen and oxygen atoms in total. The quantitative estimate of drug-likeness (QED) is 0.557. The maximum atomic E-state index is 14.6. The number of aromatic nitrogens is 4. The van der Waals surface area contributed by atoms with Crippen LogP contribution in [0.5, 0.6) is 0 Å². The summed E-state index contributed by atoms with van der Waals surface area (Å²) in [6, 6.07) is 9.46. The molecule has 0 spiro atoms. The Bertz CT molecular complexity index is 1210. The normalized spacial score (nSPS) is 19.7. The summed E-state index contributed by atoms with van der Waals surface area (Å²) in [6.07, 6.45) is 2.90. The molecule has 0 bridgehead atoms. The Morgan fingerprint density at radius 3 is 3.00 bits per heavy atom. The first kappa shape index (κ1) is 18.0. The molecular weight excluding hydrogens is 373 g/mol. The molecule has 1 saturated heterocycles. The molecule has 4 aromatic rings. The van der Waals surface area contributed by atoms with E-state index < -0.39 is 11.9 Å². The van der Waals surface area contributed by atoms with Gasteiger partial charge in [-0.3, -0.25) is 0 Å². The van der Waals surface area contributed by atoms with Gasteiger partial charge in [-0.2, -0.15) is 5.10 Å². The molecule has 0 aliphatic carbocycles. The molecule has 29 heavy (non-hydrogen) atoms. The Morgan fingerprint density at radius 2 is 2.14 bits per heavy atom. The highest BCUT2D eigenvalue weighted by Crippen LogP contribution is 2.28. The predicted octanol–water partition coefficient (Wildman–Crippen LogP) is 2.95. The first-order chi connectivity index (χ1) is 14.1. The molecule has 5 rings (SSSR count). The molecule has 148 valence electrons. The van der Waals surface area contributed by atoms with Crippen LogP contribution in [0.4, 0.5) is 10.3 Å². The minimum Gasteiger partial charge on any atom is -0.389 e. The van der Waals surface area contributed by atoms with E-state index in [0.717, 1.165) is 28.2 Å². The van der Waals surface area contributed by atoms with Crippen LogP contribution >= 0.6 is 0 Å². The van der Waals surface area contributed by atoms with E-state index in [0.29, 0.717) is 18.6 Å². The van der Waals surface area contributed by atoms with Crippen molar-refractivity contribution < 1.29 is 14.2 Å². The predicted molar refractivity (Wildman–Crippen MR) is 107 cm³/mol. The average molecular weight is 393 g/mol. The van der Waals surface area contributed by atoms with E-state index in [1.807, 2.05) is 35.7 Å². The summed E-state index contributed by atoms with van der Waals surface area (Å²) >= 11 is 0. The van der Waals surface area contributed by atoms with Gasteiger partial charge >= 0.3 is 0 Å². The van der Waals surface area contributed by atoms with E-state index in [9.17, 15) is 9.50 Å². The van der Waals surface area contributed by atoms with Crippen LogP contribution in [0.15, 0.2) is 42.7 Å². The number of rotatable bonds is 3. The van der Waals surface area contributed by atoms with Crippen molar-refractivity contribution in [2.24, 2.45) is 0 Å². The number of benzene rings is 1. The average Bonchev–Trinajstić information content (AvgIpc) is 3.22. The van der Waals surface area contributed by atoms with Gasteiger partial charge in [0.2, 0.25) is 5.95 Å². The Kier molecular flexibility index (Phi) is 4.37. The molecule has 1 aliphatic heterocycles. The molecule has 1 aliphatic rings. The summed E-state index contributed by atoms with van der Waals surface area (Å²) in [6.45, 7) is 2.84. The van der Waals surface area contributed by atoms with Crippen molar-refractivity contribution in [1.82, 2.24) is 19.6 Å². The highest BCUT2D eigenvalue weighted by atomic mass is 19.1. The fraction of sp³-hybridized carbons (Fsp3) is 0.286. The van der Waals surface area contributed by atoms with Gasteiger partial charge in [-0.15, -0.1) is 0 Å². The van der Waals surface area contributed by atoms with Crippen molar-refractivity contribution in [2.45, 2.75) is 25.5 Å². The summed E-state index contributed by atoms with van der Waals surface area (Å²) in [7, 11) is 0. The smallest absolute Gasteiger partial charge is 0.223 e. The fourth-order valence-electron chi connectivity index (χ4n) is 3.81. The second-order valence-corrected chi connectivity index (χ2v) is 7.30. The van der Waals surface area contributed by atoms with Crippen LogP contribution < -0.4 is 5.32 Å². The monoisotopic (exact) mass is 393 g/mol. The number of aryl methyl sites for hydroxylation is 1. The number of pyridine rings is 1. The van der Waals surface area contributed by atoms with E-state index in [2.05, 4.69) is 26.4 Å². The number of fused-ring (bicyclic) bond motifs is 3. The highest BCUT2D eigenvalue weighted by molar-refractivity contribution is 5.87. The zero-order valence-electron chi connectivity index (χ0n) is 15.8. The van der Waals surface area contributed by atoms with Crippen molar-refractivity contribution in [3.05, 3.63) is 54.1 Å². The van der Waals surface area contributed by atoms with Crippen molar-refractivity contribution in [3.8, 4) is 11.3 Å². The summed E-state index contributed by atoms with van der Waals surface area (Å²) in [5, 5.41) is 18.5. The molecule has 4 heterocycles. The lowest BCUT2D eigenvalue weighted by atomic mass is 10.1. The molecule has 0 saturated carbocycles. The summed E-state index contributed by atoms with van der Waals surface area (Å²) in [5.41, 5.74) is 3.94. The van der Waals surface area contributed by atoms with Crippen molar-refractivity contribution in [3.63, 3.8) is 0 Å². The summed E-state index contributed by atoms with van der Waals surface area (Å²) in [5.74, 6) is -0.217. The van der Waals surface area contributed by atoms with Gasteiger partial charge in [0, 0.05) is 17.6 Å². The van der Waals surface area contributed by atoms with Crippen molar-refractivity contribution in [1.29, 1.82) is 0 Å². The molecule has 2 N–H and O–H groups in total. The van der Waals surface area contributed by atoms with Crippen molar-refractivity contribution >= 4 is 22.4 Å². The van der Waals surface area contributed by atoms with Gasteiger partial charge in [0.1, 0.15) is 5.69 Å². The standard InChI is InChI=1S/C21H20FN5O2/c1-12-8-14-9-13(2-3-18(14)27-17(12)4-6-24-27)20-15(22)10-23-21(26-20)25-16-5-7-29-11-19(16)28/h2-4,6,8-10,16,19,28H,5,7,11H2,1H3,(H,23,25,26)/t16-,19-/m1/s1. The van der Waals surface area contributed by atoms with Crippen LogP contribution in [0.25, 0.3) is 27.7 Å². The van der Waals surface area contributed by atoms with Crippen molar-refractivity contribution in [2.75, 3.05) is 18.5 Å². The number of aliphatic hydroxyl groups excluding tert-OH is 1. The third kappa shape index (κ3) is 3.20. The zero-order chi connectivity index (χ0) is 20.0. The third-order valence-electron chi connectivity index (χ3n) is 5.33. The van der Waals surface area contributed by atoms with Gasteiger partial charge in [0.15, 0.2) is 5.82 Å². The van der Waals surface area contributed by atoms with Crippen LogP contribution in [0.1, 0.15) is 12.0 Å². The fourth-order valence-corrected chi connectivity index (χ4v) is 3.81. The molecule has 0 radical (unpaired) electrons. The second-order valence-electron chi connectivity index (χ2n) is 7.30. The van der Waals surface area contributed by atoms with Crippen LogP contribution in [0.2, 0.25) is 0 Å². The van der Waals surface area contributed by atoms with Gasteiger partial charge in [-0.25, -0.2) is 18.9 Å². The van der Waals surface area contributed by atoms with Gasteiger partial charge in [0.05, 0.1) is 42.2 Å². The molecular formula is C21H20FN5O2. The van der Waals surface area contributed by atoms with E-state index in [1.165, 1.54) is 0 Å². The SMILES string of the molecule is Cc1cc2cc(-c3nc(N[C@@H]4CCOC[C@H]4O)ncc3F)ccc2n2nccc12. The first-order valence-electron chi connectivity index (χ1n) is 9.52. The van der Waals surface area contributed by atoms with Crippen LogP contribution in [-0.2, 0) is 4.74 Å². The number of nitrogens with zero attached hydrogens (tertiary/aromatic N) is 4. The lowest BCUT2D eigenvalue weighted by molar-refractivity contribution is -0.0136. The lowest BCUT2D eigenvalue weighted by Crippen LogP contribution is -2.42. The Morgan fingerprint density at radius 1 is 1.24 bits per heavy atom. The molecule has 8 heteroatoms. The Balaban J connectivity index is 1.54. The number of ether oxygens (including phenoxy) is 1. The minimum atomic E-state index is -0.652. The number of hydrogen-bond donors (Lipinski definition) is 2. The van der Waals surface area contributed by atoms with E-state index >= 15 is 0 Å². The van der Waals surface area contributed by atoms with Gasteiger partial charge in [-0.05, 0) is 43.2 Å². The summed E-state index contributed by atoms with van der Waals surface area (Å²) in [4.78, 5) is 8.42. The molecule has 2 atom stereocenters. The topological polar surface area (TPSA) is 84.6 Å². The molecule has 3 aromatic heterocycles. The number of anilines is 1.